The molecule has 127 valence electrons. The van der Waals surface area contributed by atoms with Crippen molar-refractivity contribution in [2.24, 2.45) is 0 Å². The van der Waals surface area contributed by atoms with E-state index in [9.17, 15) is 13.2 Å². The summed E-state index contributed by atoms with van der Waals surface area (Å²) in [4.78, 5) is 3.79. The van der Waals surface area contributed by atoms with Gasteiger partial charge < -0.3 is 0 Å². The molecule has 1 radical (unpaired) electrons. The van der Waals surface area contributed by atoms with Gasteiger partial charge in [-0.2, -0.15) is 13.2 Å². The minimum atomic E-state index is -4.40. The number of pyridine rings is 1. The van der Waals surface area contributed by atoms with Crippen molar-refractivity contribution in [3.05, 3.63) is 90.3 Å². The molecular formula is C20H17F3NSi. The van der Waals surface area contributed by atoms with E-state index in [0.717, 1.165) is 12.1 Å². The van der Waals surface area contributed by atoms with Crippen LogP contribution in [-0.2, 0) is 12.6 Å². The van der Waals surface area contributed by atoms with Crippen molar-refractivity contribution in [2.45, 2.75) is 18.6 Å². The Bertz CT molecular complexity index is 764. The SMILES string of the molecule is FC(F)(F)c1cccc(CC[Si](c2ccccc2)c2ccccc2)n1. The third-order valence-corrected chi connectivity index (χ3v) is 6.78. The van der Waals surface area contributed by atoms with E-state index in [-0.39, 0.29) is 0 Å². The zero-order chi connectivity index (χ0) is 17.7. The van der Waals surface area contributed by atoms with Crippen molar-refractivity contribution in [2.75, 3.05) is 0 Å². The first kappa shape index (κ1) is 17.4. The molecular weight excluding hydrogens is 339 g/mol. The van der Waals surface area contributed by atoms with Gasteiger partial charge in [0, 0.05) is 5.69 Å². The van der Waals surface area contributed by atoms with E-state index < -0.39 is 20.7 Å². The number of halogens is 3. The van der Waals surface area contributed by atoms with E-state index in [1.807, 2.05) is 36.4 Å². The highest BCUT2D eigenvalue weighted by Gasteiger charge is 2.32. The summed E-state index contributed by atoms with van der Waals surface area (Å²) in [7, 11) is -1.07. The largest absolute Gasteiger partial charge is 0.433 e. The van der Waals surface area contributed by atoms with Crippen molar-refractivity contribution in [3.63, 3.8) is 0 Å². The van der Waals surface area contributed by atoms with Gasteiger partial charge in [-0.15, -0.1) is 0 Å². The Morgan fingerprint density at radius 3 is 1.80 bits per heavy atom. The van der Waals surface area contributed by atoms with Gasteiger partial charge in [-0.3, -0.25) is 0 Å². The van der Waals surface area contributed by atoms with Gasteiger partial charge in [0.2, 0.25) is 0 Å². The number of alkyl halides is 3. The summed E-state index contributed by atoms with van der Waals surface area (Å²) in [6.45, 7) is 0. The van der Waals surface area contributed by atoms with Gasteiger partial charge >= 0.3 is 6.18 Å². The first-order valence-electron chi connectivity index (χ1n) is 8.04. The maximum Gasteiger partial charge on any atom is 0.433 e. The molecule has 0 saturated heterocycles. The molecule has 0 aliphatic rings. The third kappa shape index (κ3) is 4.57. The Labute approximate surface area is 146 Å². The molecule has 2 aromatic carbocycles. The molecule has 0 spiro atoms. The topological polar surface area (TPSA) is 12.9 Å². The molecule has 3 rings (SSSR count). The average Bonchev–Trinajstić information content (AvgIpc) is 2.63. The van der Waals surface area contributed by atoms with Crippen LogP contribution >= 0.6 is 0 Å². The molecule has 5 heteroatoms. The molecule has 0 saturated carbocycles. The van der Waals surface area contributed by atoms with Gasteiger partial charge in [0.15, 0.2) is 0 Å². The van der Waals surface area contributed by atoms with E-state index in [1.54, 1.807) is 6.07 Å². The van der Waals surface area contributed by atoms with Crippen LogP contribution in [0.5, 0.6) is 0 Å². The molecule has 0 bridgehead atoms. The summed E-state index contributed by atoms with van der Waals surface area (Å²) in [5, 5.41) is 2.51. The Morgan fingerprint density at radius 1 is 0.720 bits per heavy atom. The fourth-order valence-electron chi connectivity index (χ4n) is 2.76. The number of rotatable bonds is 5. The summed E-state index contributed by atoms with van der Waals surface area (Å²) in [6, 6.07) is 25.3. The van der Waals surface area contributed by atoms with Crippen molar-refractivity contribution >= 4 is 19.2 Å². The molecule has 0 aliphatic carbocycles. The first-order valence-corrected chi connectivity index (χ1v) is 9.74. The van der Waals surface area contributed by atoms with Crippen LogP contribution in [0.15, 0.2) is 78.9 Å². The molecule has 1 aromatic heterocycles. The Balaban J connectivity index is 1.83. The smallest absolute Gasteiger partial charge is 0.248 e. The lowest BCUT2D eigenvalue weighted by Gasteiger charge is -2.16. The second-order valence-electron chi connectivity index (χ2n) is 5.72. The lowest BCUT2D eigenvalue weighted by molar-refractivity contribution is -0.141. The van der Waals surface area contributed by atoms with Gasteiger partial charge in [0.25, 0.3) is 0 Å². The van der Waals surface area contributed by atoms with E-state index in [0.29, 0.717) is 12.1 Å². The minimum absolute atomic E-state index is 0.490. The highest BCUT2D eigenvalue weighted by Crippen LogP contribution is 2.27. The molecule has 1 heterocycles. The van der Waals surface area contributed by atoms with E-state index >= 15 is 0 Å². The van der Waals surface area contributed by atoms with Crippen LogP contribution in [0, 0.1) is 0 Å². The van der Waals surface area contributed by atoms with Gasteiger partial charge in [0.05, 0.1) is 0 Å². The number of hydrogen-bond donors (Lipinski definition) is 0. The Morgan fingerprint density at radius 2 is 1.28 bits per heavy atom. The maximum absolute atomic E-state index is 12.8. The van der Waals surface area contributed by atoms with Crippen LogP contribution in [0.3, 0.4) is 0 Å². The lowest BCUT2D eigenvalue weighted by atomic mass is 10.2. The van der Waals surface area contributed by atoms with Gasteiger partial charge in [0.1, 0.15) is 14.5 Å². The first-order chi connectivity index (χ1) is 12.0. The fraction of sp³-hybridized carbons (Fsp3) is 0.150. The maximum atomic E-state index is 12.8. The molecule has 0 N–H and O–H groups in total. The minimum Gasteiger partial charge on any atom is -0.248 e. The van der Waals surface area contributed by atoms with Crippen LogP contribution in [0.25, 0.3) is 0 Å². The van der Waals surface area contributed by atoms with Crippen LogP contribution in [0.4, 0.5) is 13.2 Å². The zero-order valence-electron chi connectivity index (χ0n) is 13.5. The third-order valence-electron chi connectivity index (χ3n) is 3.97. The standard InChI is InChI=1S/C20H17F3NSi/c21-20(22,23)19-13-7-8-16(24-19)14-15-25(17-9-3-1-4-10-17)18-11-5-2-6-12-18/h1-13H,14-15H2. The predicted octanol–water partition coefficient (Wildman–Crippen LogP) is 3.95. The van der Waals surface area contributed by atoms with Crippen molar-refractivity contribution < 1.29 is 13.2 Å². The monoisotopic (exact) mass is 356 g/mol. The Hall–Kier alpha value is -2.40. The molecule has 0 fully saturated rings. The highest BCUT2D eigenvalue weighted by atomic mass is 28.3. The molecule has 3 aromatic rings. The van der Waals surface area contributed by atoms with E-state index in [2.05, 4.69) is 29.2 Å². The number of nitrogens with zero attached hydrogens (tertiary/aromatic N) is 1. The van der Waals surface area contributed by atoms with Gasteiger partial charge in [-0.05, 0) is 24.6 Å². The van der Waals surface area contributed by atoms with Crippen LogP contribution in [0.1, 0.15) is 11.4 Å². The molecule has 0 aliphatic heterocycles. The normalized spacial score (nSPS) is 11.7. The summed E-state index contributed by atoms with van der Waals surface area (Å²) >= 11 is 0. The van der Waals surface area contributed by atoms with Gasteiger partial charge in [-0.25, -0.2) is 4.98 Å². The molecule has 0 amide bonds. The van der Waals surface area contributed by atoms with E-state index in [4.69, 9.17) is 0 Å². The lowest BCUT2D eigenvalue weighted by Crippen LogP contribution is -2.42. The second kappa shape index (κ2) is 7.65. The average molecular weight is 356 g/mol. The quantitative estimate of drug-likeness (QED) is 0.631. The molecule has 25 heavy (non-hydrogen) atoms. The molecule has 1 nitrogen and oxygen atoms in total. The van der Waals surface area contributed by atoms with Crippen LogP contribution in [0.2, 0.25) is 6.04 Å². The second-order valence-corrected chi connectivity index (χ2v) is 8.33. The van der Waals surface area contributed by atoms with Crippen molar-refractivity contribution in [3.8, 4) is 0 Å². The summed E-state index contributed by atoms with van der Waals surface area (Å²) in [5.74, 6) is 0. The molecule has 0 unspecified atom stereocenters. The highest BCUT2D eigenvalue weighted by molar-refractivity contribution is 6.85. The van der Waals surface area contributed by atoms with Crippen molar-refractivity contribution in [1.29, 1.82) is 0 Å². The van der Waals surface area contributed by atoms with Crippen molar-refractivity contribution in [1.82, 2.24) is 4.98 Å². The van der Waals surface area contributed by atoms with E-state index in [1.165, 1.54) is 16.4 Å². The number of aryl methyl sites for hydroxylation is 1. The number of hydrogen-bond acceptors (Lipinski definition) is 1. The summed E-state index contributed by atoms with van der Waals surface area (Å²) in [6.07, 6.45) is -3.87. The summed E-state index contributed by atoms with van der Waals surface area (Å²) in [5.41, 5.74) is -0.331. The van der Waals surface area contributed by atoms with Crippen LogP contribution < -0.4 is 10.4 Å². The number of aromatic nitrogens is 1. The summed E-state index contributed by atoms with van der Waals surface area (Å²) < 4.78 is 38.5. The Kier molecular flexibility index (Phi) is 5.33. The zero-order valence-corrected chi connectivity index (χ0v) is 14.5. The number of benzene rings is 2. The molecule has 0 atom stereocenters. The predicted molar refractivity (Wildman–Crippen MR) is 95.7 cm³/mol. The van der Waals surface area contributed by atoms with Crippen LogP contribution in [-0.4, -0.2) is 13.8 Å². The van der Waals surface area contributed by atoms with Gasteiger partial charge in [-0.1, -0.05) is 77.1 Å². The fourth-order valence-corrected chi connectivity index (χ4v) is 5.37.